The third kappa shape index (κ3) is 2.21. The Morgan fingerprint density at radius 2 is 2.05 bits per heavy atom. The van der Waals surface area contributed by atoms with Crippen LogP contribution in [-0.2, 0) is 6.42 Å². The molecule has 0 unspecified atom stereocenters. The van der Waals surface area contributed by atoms with Crippen LogP contribution >= 0.6 is 0 Å². The van der Waals surface area contributed by atoms with Gasteiger partial charge in [0, 0.05) is 17.1 Å². The molecule has 92 valence electrons. The third-order valence-corrected chi connectivity index (χ3v) is 3.18. The predicted octanol–water partition coefficient (Wildman–Crippen LogP) is 3.77. The quantitative estimate of drug-likeness (QED) is 0.738. The average molecular weight is 250 g/mol. The van der Waals surface area contributed by atoms with Gasteiger partial charge in [0.15, 0.2) is 0 Å². The molecule has 0 spiro atoms. The van der Waals surface area contributed by atoms with Crippen LogP contribution in [0.25, 0.3) is 10.9 Å². The summed E-state index contributed by atoms with van der Waals surface area (Å²) in [5.41, 5.74) is 3.64. The van der Waals surface area contributed by atoms with Crippen molar-refractivity contribution >= 4 is 10.9 Å². The molecule has 0 aliphatic heterocycles. The molecular weight excluding hydrogens is 239 g/mol. The van der Waals surface area contributed by atoms with Crippen LogP contribution in [0.1, 0.15) is 16.7 Å². The van der Waals surface area contributed by atoms with E-state index in [-0.39, 0.29) is 5.82 Å². The van der Waals surface area contributed by atoms with Gasteiger partial charge in [-0.25, -0.2) is 4.39 Å². The number of fused-ring (bicyclic) bond motifs is 1. The summed E-state index contributed by atoms with van der Waals surface area (Å²) in [6, 6.07) is 14.3. The molecule has 2 nitrogen and oxygen atoms in total. The summed E-state index contributed by atoms with van der Waals surface area (Å²) in [5, 5.41) is 9.78. The van der Waals surface area contributed by atoms with E-state index in [9.17, 15) is 4.39 Å². The summed E-state index contributed by atoms with van der Waals surface area (Å²) in [6.45, 7) is 0. The number of H-pyrrole nitrogens is 1. The van der Waals surface area contributed by atoms with Gasteiger partial charge in [0.2, 0.25) is 0 Å². The van der Waals surface area contributed by atoms with Gasteiger partial charge in [-0.1, -0.05) is 12.1 Å². The number of benzene rings is 2. The Morgan fingerprint density at radius 3 is 2.89 bits per heavy atom. The summed E-state index contributed by atoms with van der Waals surface area (Å²) in [4.78, 5) is 3.13. The first-order valence-corrected chi connectivity index (χ1v) is 6.01. The second kappa shape index (κ2) is 4.58. The number of nitrogens with zero attached hydrogens (tertiary/aromatic N) is 1. The first-order valence-electron chi connectivity index (χ1n) is 6.01. The zero-order chi connectivity index (χ0) is 13.2. The highest BCUT2D eigenvalue weighted by Gasteiger charge is 2.06. The van der Waals surface area contributed by atoms with Gasteiger partial charge in [-0.05, 0) is 47.9 Å². The van der Waals surface area contributed by atoms with Crippen LogP contribution in [0.5, 0.6) is 0 Å². The molecule has 0 amide bonds. The van der Waals surface area contributed by atoms with Gasteiger partial charge in [-0.3, -0.25) is 0 Å². The van der Waals surface area contributed by atoms with Gasteiger partial charge in [0.1, 0.15) is 5.82 Å². The Labute approximate surface area is 110 Å². The topological polar surface area (TPSA) is 39.6 Å². The smallest absolute Gasteiger partial charge is 0.123 e. The monoisotopic (exact) mass is 250 g/mol. The summed E-state index contributed by atoms with van der Waals surface area (Å²) in [7, 11) is 0. The lowest BCUT2D eigenvalue weighted by molar-refractivity contribution is 0.629. The standard InChI is InChI=1S/C16H11FN2/c17-14-4-5-16-15(8-14)13(10-19-16)7-11-2-1-3-12(6-11)9-18/h1-6,8,10,19H,7H2. The Bertz CT molecular complexity index is 781. The van der Waals surface area contributed by atoms with Crippen LogP contribution in [0, 0.1) is 17.1 Å². The van der Waals surface area contributed by atoms with Gasteiger partial charge >= 0.3 is 0 Å². The maximum absolute atomic E-state index is 13.3. The fourth-order valence-corrected chi connectivity index (χ4v) is 2.27. The second-order valence-corrected chi connectivity index (χ2v) is 4.49. The molecule has 1 heterocycles. The largest absolute Gasteiger partial charge is 0.361 e. The molecule has 1 N–H and O–H groups in total. The van der Waals surface area contributed by atoms with Crippen molar-refractivity contribution in [1.82, 2.24) is 4.98 Å². The minimum atomic E-state index is -0.237. The molecule has 3 aromatic rings. The Balaban J connectivity index is 2.01. The van der Waals surface area contributed by atoms with Crippen molar-refractivity contribution in [2.75, 3.05) is 0 Å². The molecule has 0 aliphatic carbocycles. The second-order valence-electron chi connectivity index (χ2n) is 4.49. The van der Waals surface area contributed by atoms with Crippen molar-refractivity contribution in [3.63, 3.8) is 0 Å². The lowest BCUT2D eigenvalue weighted by Gasteiger charge is -2.01. The maximum atomic E-state index is 13.3. The SMILES string of the molecule is N#Cc1cccc(Cc2c[nH]c3ccc(F)cc23)c1. The number of aromatic amines is 1. The van der Waals surface area contributed by atoms with E-state index in [4.69, 9.17) is 5.26 Å². The van der Waals surface area contributed by atoms with Gasteiger partial charge in [-0.15, -0.1) is 0 Å². The van der Waals surface area contributed by atoms with Crippen molar-refractivity contribution in [1.29, 1.82) is 5.26 Å². The fraction of sp³-hybridized carbons (Fsp3) is 0.0625. The molecule has 0 atom stereocenters. The predicted molar refractivity (Wildman–Crippen MR) is 72.2 cm³/mol. The minimum Gasteiger partial charge on any atom is -0.361 e. The molecule has 19 heavy (non-hydrogen) atoms. The van der Waals surface area contributed by atoms with Crippen molar-refractivity contribution in [3.05, 3.63) is 71.2 Å². The van der Waals surface area contributed by atoms with Crippen LogP contribution in [0.4, 0.5) is 4.39 Å². The van der Waals surface area contributed by atoms with Gasteiger partial charge < -0.3 is 4.98 Å². The molecule has 0 saturated carbocycles. The number of nitriles is 1. The maximum Gasteiger partial charge on any atom is 0.123 e. The molecule has 0 aliphatic rings. The van der Waals surface area contributed by atoms with Crippen LogP contribution in [0.3, 0.4) is 0 Å². The van der Waals surface area contributed by atoms with Gasteiger partial charge in [0.25, 0.3) is 0 Å². The van der Waals surface area contributed by atoms with E-state index >= 15 is 0 Å². The molecule has 1 aromatic heterocycles. The zero-order valence-corrected chi connectivity index (χ0v) is 10.2. The highest BCUT2D eigenvalue weighted by atomic mass is 19.1. The lowest BCUT2D eigenvalue weighted by atomic mass is 10.0. The van der Waals surface area contributed by atoms with E-state index in [0.717, 1.165) is 22.0 Å². The first-order chi connectivity index (χ1) is 9.26. The number of rotatable bonds is 2. The van der Waals surface area contributed by atoms with Crippen LogP contribution in [-0.4, -0.2) is 4.98 Å². The number of nitrogens with one attached hydrogen (secondary N) is 1. The van der Waals surface area contributed by atoms with Crippen LogP contribution in [0.2, 0.25) is 0 Å². The molecule has 3 heteroatoms. The third-order valence-electron chi connectivity index (χ3n) is 3.18. The minimum absolute atomic E-state index is 0.237. The first kappa shape index (κ1) is 11.5. The number of halogens is 1. The summed E-state index contributed by atoms with van der Waals surface area (Å²) >= 11 is 0. The van der Waals surface area contributed by atoms with Gasteiger partial charge in [0.05, 0.1) is 11.6 Å². The van der Waals surface area contributed by atoms with Crippen molar-refractivity contribution in [2.24, 2.45) is 0 Å². The van der Waals surface area contributed by atoms with E-state index in [1.807, 2.05) is 24.4 Å². The summed E-state index contributed by atoms with van der Waals surface area (Å²) in [5.74, 6) is -0.237. The summed E-state index contributed by atoms with van der Waals surface area (Å²) < 4.78 is 13.3. The Morgan fingerprint density at radius 1 is 1.16 bits per heavy atom. The van der Waals surface area contributed by atoms with E-state index in [1.54, 1.807) is 12.1 Å². The van der Waals surface area contributed by atoms with E-state index in [2.05, 4.69) is 11.1 Å². The normalized spacial score (nSPS) is 10.5. The Kier molecular flexibility index (Phi) is 2.77. The van der Waals surface area contributed by atoms with Crippen molar-refractivity contribution in [3.8, 4) is 6.07 Å². The fourth-order valence-electron chi connectivity index (χ4n) is 2.27. The average Bonchev–Trinajstić information content (AvgIpc) is 2.81. The van der Waals surface area contributed by atoms with Crippen LogP contribution in [0.15, 0.2) is 48.7 Å². The number of hydrogen-bond donors (Lipinski definition) is 1. The van der Waals surface area contributed by atoms with E-state index in [0.29, 0.717) is 12.0 Å². The van der Waals surface area contributed by atoms with Crippen LogP contribution < -0.4 is 0 Å². The molecule has 0 bridgehead atoms. The molecule has 0 saturated heterocycles. The van der Waals surface area contributed by atoms with Gasteiger partial charge in [-0.2, -0.15) is 5.26 Å². The molecule has 0 fully saturated rings. The molecule has 3 rings (SSSR count). The molecule has 0 radical (unpaired) electrons. The highest BCUT2D eigenvalue weighted by molar-refractivity contribution is 5.83. The number of aromatic nitrogens is 1. The van der Waals surface area contributed by atoms with Crippen molar-refractivity contribution < 1.29 is 4.39 Å². The Hall–Kier alpha value is -2.60. The number of hydrogen-bond acceptors (Lipinski definition) is 1. The molecule has 2 aromatic carbocycles. The highest BCUT2D eigenvalue weighted by Crippen LogP contribution is 2.22. The van der Waals surface area contributed by atoms with E-state index in [1.165, 1.54) is 12.1 Å². The lowest BCUT2D eigenvalue weighted by Crippen LogP contribution is -1.88. The molecular formula is C16H11FN2. The summed E-state index contributed by atoms with van der Waals surface area (Å²) in [6.07, 6.45) is 2.57. The van der Waals surface area contributed by atoms with Crippen molar-refractivity contribution in [2.45, 2.75) is 6.42 Å². The van der Waals surface area contributed by atoms with E-state index < -0.39 is 0 Å². The zero-order valence-electron chi connectivity index (χ0n) is 10.2.